The minimum Gasteiger partial charge on any atom is -0.494 e. The fourth-order valence-corrected chi connectivity index (χ4v) is 5.67. The molecule has 2 aromatic heterocycles. The fourth-order valence-electron chi connectivity index (χ4n) is 5.67. The van der Waals surface area contributed by atoms with E-state index in [1.807, 2.05) is 65.2 Å². The van der Waals surface area contributed by atoms with Crippen LogP contribution in [0.2, 0.25) is 0 Å². The number of hydrogen-bond donors (Lipinski definition) is 1. The van der Waals surface area contributed by atoms with Gasteiger partial charge in [0.25, 0.3) is 5.91 Å². The normalized spacial score (nSPS) is 16.1. The van der Waals surface area contributed by atoms with Gasteiger partial charge in [0.2, 0.25) is 0 Å². The second-order valence-electron chi connectivity index (χ2n) is 11.9. The van der Waals surface area contributed by atoms with Crippen LogP contribution in [0.15, 0.2) is 61.1 Å². The van der Waals surface area contributed by atoms with Crippen molar-refractivity contribution in [3.05, 3.63) is 72.2 Å². The summed E-state index contributed by atoms with van der Waals surface area (Å²) < 4.78 is 13.6. The van der Waals surface area contributed by atoms with Gasteiger partial charge in [0.15, 0.2) is 5.65 Å². The molecule has 228 valence electrons. The third kappa shape index (κ3) is 6.40. The molecule has 0 radical (unpaired) electrons. The molecule has 0 bridgehead atoms. The maximum atomic E-state index is 13.3. The zero-order valence-corrected chi connectivity index (χ0v) is 25.8. The summed E-state index contributed by atoms with van der Waals surface area (Å²) >= 11 is 0. The van der Waals surface area contributed by atoms with Crippen LogP contribution < -0.4 is 20.1 Å². The smallest absolute Gasteiger partial charge is 0.253 e. The molecule has 10 nitrogen and oxygen atoms in total. The summed E-state index contributed by atoms with van der Waals surface area (Å²) in [5.74, 6) is 2.48. The molecule has 1 saturated carbocycles. The lowest BCUT2D eigenvalue weighted by Gasteiger charge is -2.35. The Morgan fingerprint density at radius 3 is 2.42 bits per heavy atom. The first-order valence-electron chi connectivity index (χ1n) is 14.7. The van der Waals surface area contributed by atoms with Gasteiger partial charge in [-0.3, -0.25) is 4.79 Å². The minimum atomic E-state index is -0.264. The van der Waals surface area contributed by atoms with Crippen molar-refractivity contribution in [3.63, 3.8) is 0 Å². The van der Waals surface area contributed by atoms with Crippen molar-refractivity contribution >= 4 is 35.2 Å². The first-order valence-corrected chi connectivity index (χ1v) is 14.7. The number of piperazine rings is 1. The topological polar surface area (TPSA) is 112 Å². The van der Waals surface area contributed by atoms with Gasteiger partial charge in [-0.15, -0.1) is 12.4 Å². The molecule has 1 amide bonds. The number of halogens is 1. The molecule has 1 saturated heterocycles. The van der Waals surface area contributed by atoms with Gasteiger partial charge in [-0.05, 0) is 75.6 Å². The summed E-state index contributed by atoms with van der Waals surface area (Å²) in [5, 5.41) is 5.52. The molecule has 11 heteroatoms. The number of ether oxygens (including phenoxy) is 2. The standard InChI is InChI=1S/C32H39N7O3.ClH/c1-4-41-26-7-5-6-23(18-26)20-39-29-27(19-36-39)28(34-22-35-29)37-14-16-38(17-15-37)30(40)24-8-10-25(11-9-24)42-21-32(12-13-32)31(2,3)33;/h5-11,18-19,22H,4,12-17,20-21,33H2,1-3H3;1H. The molecule has 2 fully saturated rings. The lowest BCUT2D eigenvalue weighted by molar-refractivity contribution is 0.0746. The van der Waals surface area contributed by atoms with E-state index in [0.717, 1.165) is 46.8 Å². The summed E-state index contributed by atoms with van der Waals surface area (Å²) in [6.07, 6.45) is 5.60. The van der Waals surface area contributed by atoms with Gasteiger partial charge in [0.05, 0.1) is 31.3 Å². The number of fused-ring (bicyclic) bond motifs is 1. The molecule has 1 aliphatic heterocycles. The van der Waals surface area contributed by atoms with Crippen molar-refractivity contribution in [3.8, 4) is 11.5 Å². The van der Waals surface area contributed by atoms with E-state index in [1.54, 1.807) is 6.33 Å². The SMILES string of the molecule is CCOc1cccc(Cn2ncc3c(N4CCN(C(=O)c5ccc(OCC6(C(C)(C)N)CC6)cc5)CC4)ncnc32)c1.Cl. The van der Waals surface area contributed by atoms with Crippen molar-refractivity contribution in [2.75, 3.05) is 44.3 Å². The Balaban J connectivity index is 0.00000368. The molecule has 1 aliphatic carbocycles. The molecule has 2 N–H and O–H groups in total. The van der Waals surface area contributed by atoms with Crippen molar-refractivity contribution in [1.29, 1.82) is 0 Å². The number of carbonyl (C=O) groups excluding carboxylic acids is 1. The second-order valence-corrected chi connectivity index (χ2v) is 11.9. The first-order chi connectivity index (χ1) is 20.3. The zero-order valence-electron chi connectivity index (χ0n) is 25.0. The Hall–Kier alpha value is -3.89. The number of nitrogens with two attached hydrogens (primary N) is 1. The van der Waals surface area contributed by atoms with E-state index in [1.165, 1.54) is 0 Å². The van der Waals surface area contributed by atoms with Crippen LogP contribution in [-0.4, -0.2) is 75.5 Å². The molecular weight excluding hydrogens is 566 g/mol. The van der Waals surface area contributed by atoms with Crippen LogP contribution in [0.1, 0.15) is 49.5 Å². The van der Waals surface area contributed by atoms with Gasteiger partial charge in [-0.1, -0.05) is 12.1 Å². The summed E-state index contributed by atoms with van der Waals surface area (Å²) in [4.78, 5) is 26.5. The third-order valence-electron chi connectivity index (χ3n) is 8.66. The monoisotopic (exact) mass is 605 g/mol. The van der Waals surface area contributed by atoms with Crippen molar-refractivity contribution < 1.29 is 14.3 Å². The highest BCUT2D eigenvalue weighted by Crippen LogP contribution is 2.53. The van der Waals surface area contributed by atoms with Crippen LogP contribution >= 0.6 is 12.4 Å². The number of nitrogens with zero attached hydrogens (tertiary/aromatic N) is 6. The van der Waals surface area contributed by atoms with Crippen molar-refractivity contribution in [2.45, 2.75) is 45.7 Å². The van der Waals surface area contributed by atoms with Crippen LogP contribution in [0, 0.1) is 5.41 Å². The first kappa shape index (κ1) is 30.6. The molecular formula is C32H40ClN7O3. The number of carbonyl (C=O) groups is 1. The Morgan fingerprint density at radius 1 is 1.00 bits per heavy atom. The number of rotatable bonds is 10. The summed E-state index contributed by atoms with van der Waals surface area (Å²) in [5.41, 5.74) is 8.67. The Labute approximate surface area is 258 Å². The van der Waals surface area contributed by atoms with Crippen LogP contribution in [-0.2, 0) is 6.54 Å². The lowest BCUT2D eigenvalue weighted by atomic mass is 9.86. The van der Waals surface area contributed by atoms with Gasteiger partial charge >= 0.3 is 0 Å². The van der Waals surface area contributed by atoms with E-state index in [4.69, 9.17) is 15.2 Å². The molecule has 0 spiro atoms. The van der Waals surface area contributed by atoms with Crippen LogP contribution in [0.4, 0.5) is 5.82 Å². The quantitative estimate of drug-likeness (QED) is 0.280. The number of aromatic nitrogens is 4. The molecule has 2 aromatic carbocycles. The maximum Gasteiger partial charge on any atom is 0.253 e. The number of amides is 1. The summed E-state index contributed by atoms with van der Waals surface area (Å²) in [7, 11) is 0. The van der Waals surface area contributed by atoms with E-state index in [-0.39, 0.29) is 29.3 Å². The average molecular weight is 606 g/mol. The zero-order chi connectivity index (χ0) is 29.3. The molecule has 0 atom stereocenters. The molecule has 6 rings (SSSR count). The van der Waals surface area contributed by atoms with E-state index >= 15 is 0 Å². The lowest BCUT2D eigenvalue weighted by Crippen LogP contribution is -2.49. The van der Waals surface area contributed by atoms with Crippen molar-refractivity contribution in [1.82, 2.24) is 24.6 Å². The number of anilines is 1. The highest BCUT2D eigenvalue weighted by molar-refractivity contribution is 5.94. The number of hydrogen-bond acceptors (Lipinski definition) is 8. The summed E-state index contributed by atoms with van der Waals surface area (Å²) in [6.45, 7) is 10.5. The largest absolute Gasteiger partial charge is 0.494 e. The second kappa shape index (κ2) is 12.4. The Kier molecular flexibility index (Phi) is 8.80. The van der Waals surface area contributed by atoms with E-state index in [9.17, 15) is 4.79 Å². The average Bonchev–Trinajstić information content (AvgIpc) is 3.71. The Morgan fingerprint density at radius 2 is 1.74 bits per heavy atom. The van der Waals surface area contributed by atoms with E-state index in [0.29, 0.717) is 51.5 Å². The molecule has 4 aromatic rings. The van der Waals surface area contributed by atoms with E-state index < -0.39 is 0 Å². The van der Waals surface area contributed by atoms with Crippen molar-refractivity contribution in [2.24, 2.45) is 11.1 Å². The van der Waals surface area contributed by atoms with Crippen LogP contribution in [0.25, 0.3) is 11.0 Å². The number of benzene rings is 2. The highest BCUT2D eigenvalue weighted by Gasteiger charge is 2.53. The fraction of sp³-hybridized carbons (Fsp3) is 0.438. The van der Waals surface area contributed by atoms with Gasteiger partial charge in [-0.25, -0.2) is 14.6 Å². The van der Waals surface area contributed by atoms with Gasteiger partial charge in [-0.2, -0.15) is 5.10 Å². The van der Waals surface area contributed by atoms with Crippen LogP contribution in [0.5, 0.6) is 11.5 Å². The molecule has 43 heavy (non-hydrogen) atoms. The molecule has 0 unspecified atom stereocenters. The van der Waals surface area contributed by atoms with Gasteiger partial charge < -0.3 is 25.0 Å². The van der Waals surface area contributed by atoms with Crippen LogP contribution in [0.3, 0.4) is 0 Å². The maximum absolute atomic E-state index is 13.3. The third-order valence-corrected chi connectivity index (χ3v) is 8.66. The van der Waals surface area contributed by atoms with Gasteiger partial charge in [0.1, 0.15) is 23.6 Å². The van der Waals surface area contributed by atoms with E-state index in [2.05, 4.69) is 39.9 Å². The summed E-state index contributed by atoms with van der Waals surface area (Å²) in [6, 6.07) is 15.5. The molecule has 3 heterocycles. The predicted octanol–water partition coefficient (Wildman–Crippen LogP) is 4.55. The van der Waals surface area contributed by atoms with Gasteiger partial charge in [0, 0.05) is 42.7 Å². The highest BCUT2D eigenvalue weighted by atomic mass is 35.5. The Bertz CT molecular complexity index is 1560. The molecule has 2 aliphatic rings. The minimum absolute atomic E-state index is 0. The predicted molar refractivity (Wildman–Crippen MR) is 169 cm³/mol.